The summed E-state index contributed by atoms with van der Waals surface area (Å²) in [5.74, 6) is 0.817. The molecule has 0 bridgehead atoms. The zero-order valence-electron chi connectivity index (χ0n) is 12.6. The Bertz CT molecular complexity index is 572. The number of morpholine rings is 1. The molecule has 6 nitrogen and oxygen atoms in total. The van der Waals surface area contributed by atoms with Gasteiger partial charge in [0.15, 0.2) is 5.82 Å². The van der Waals surface area contributed by atoms with Gasteiger partial charge in [-0.05, 0) is 25.1 Å². The number of aromatic nitrogens is 3. The third-order valence-corrected chi connectivity index (χ3v) is 3.68. The first kappa shape index (κ1) is 14.9. The molecule has 0 aliphatic carbocycles. The van der Waals surface area contributed by atoms with Crippen LogP contribution in [0.25, 0.3) is 11.3 Å². The van der Waals surface area contributed by atoms with Gasteiger partial charge in [-0.1, -0.05) is 0 Å². The maximum absolute atomic E-state index is 5.36. The standard InChI is InChI=1S/C16H21N5O/c1-3-14(13-17-4-1)15-16(20-7-6-18-15)19-5-2-8-21-9-11-22-12-10-21/h1,3-4,6-7,13H,2,5,8-12H2,(H,19,20). The lowest BCUT2D eigenvalue weighted by Crippen LogP contribution is -2.37. The summed E-state index contributed by atoms with van der Waals surface area (Å²) in [4.78, 5) is 15.4. The summed E-state index contributed by atoms with van der Waals surface area (Å²) in [6.07, 6.45) is 8.06. The molecule has 0 amide bonds. The lowest BCUT2D eigenvalue weighted by Gasteiger charge is -2.26. The van der Waals surface area contributed by atoms with Crippen LogP contribution in [0.2, 0.25) is 0 Å². The van der Waals surface area contributed by atoms with Gasteiger partial charge < -0.3 is 10.1 Å². The minimum absolute atomic E-state index is 0.817. The summed E-state index contributed by atoms with van der Waals surface area (Å²) in [6.45, 7) is 5.73. The van der Waals surface area contributed by atoms with Gasteiger partial charge in [-0.2, -0.15) is 0 Å². The van der Waals surface area contributed by atoms with Gasteiger partial charge in [-0.25, -0.2) is 4.98 Å². The van der Waals surface area contributed by atoms with Gasteiger partial charge in [-0.3, -0.25) is 14.9 Å². The van der Waals surface area contributed by atoms with Crippen molar-refractivity contribution in [3.8, 4) is 11.3 Å². The van der Waals surface area contributed by atoms with Crippen LogP contribution in [0.15, 0.2) is 36.9 Å². The molecule has 1 aliphatic heterocycles. The van der Waals surface area contributed by atoms with Crippen molar-refractivity contribution >= 4 is 5.82 Å². The molecular formula is C16H21N5O. The molecule has 0 radical (unpaired) electrons. The minimum Gasteiger partial charge on any atom is -0.379 e. The number of hydrogen-bond donors (Lipinski definition) is 1. The minimum atomic E-state index is 0.817. The van der Waals surface area contributed by atoms with Gasteiger partial charge in [0.2, 0.25) is 0 Å². The van der Waals surface area contributed by atoms with Crippen molar-refractivity contribution in [1.29, 1.82) is 0 Å². The van der Waals surface area contributed by atoms with Crippen LogP contribution >= 0.6 is 0 Å². The smallest absolute Gasteiger partial charge is 0.152 e. The van der Waals surface area contributed by atoms with E-state index in [9.17, 15) is 0 Å². The van der Waals surface area contributed by atoms with E-state index in [1.807, 2.05) is 18.3 Å². The number of nitrogens with one attached hydrogen (secondary N) is 1. The summed E-state index contributed by atoms with van der Waals surface area (Å²) in [5, 5.41) is 3.39. The third kappa shape index (κ3) is 3.99. The van der Waals surface area contributed by atoms with Gasteiger partial charge >= 0.3 is 0 Å². The zero-order chi connectivity index (χ0) is 15.0. The molecule has 1 aliphatic rings. The molecule has 0 spiro atoms. The molecule has 3 rings (SSSR count). The first-order valence-corrected chi connectivity index (χ1v) is 7.69. The first-order valence-electron chi connectivity index (χ1n) is 7.69. The van der Waals surface area contributed by atoms with Crippen LogP contribution in [0.1, 0.15) is 6.42 Å². The molecular weight excluding hydrogens is 278 g/mol. The molecule has 2 aromatic rings. The molecule has 1 N–H and O–H groups in total. The summed E-state index contributed by atoms with van der Waals surface area (Å²) >= 11 is 0. The van der Waals surface area contributed by atoms with E-state index in [0.29, 0.717) is 0 Å². The Balaban J connectivity index is 1.54. The Kier molecular flexibility index (Phi) is 5.28. The molecule has 0 saturated carbocycles. The monoisotopic (exact) mass is 299 g/mol. The van der Waals surface area contributed by atoms with Crippen molar-refractivity contribution in [2.45, 2.75) is 6.42 Å². The summed E-state index contributed by atoms with van der Waals surface area (Å²) in [6, 6.07) is 3.90. The van der Waals surface area contributed by atoms with Crippen molar-refractivity contribution in [3.63, 3.8) is 0 Å². The van der Waals surface area contributed by atoms with Crippen LogP contribution in [0.3, 0.4) is 0 Å². The number of hydrogen-bond acceptors (Lipinski definition) is 6. The number of anilines is 1. The van der Waals surface area contributed by atoms with Crippen LogP contribution in [0.5, 0.6) is 0 Å². The molecule has 0 aromatic carbocycles. The second-order valence-corrected chi connectivity index (χ2v) is 5.23. The summed E-state index contributed by atoms with van der Waals surface area (Å²) in [5.41, 5.74) is 1.83. The van der Waals surface area contributed by atoms with E-state index in [4.69, 9.17) is 4.74 Å². The van der Waals surface area contributed by atoms with Crippen molar-refractivity contribution < 1.29 is 4.74 Å². The molecule has 0 atom stereocenters. The average molecular weight is 299 g/mol. The molecule has 2 aromatic heterocycles. The lowest BCUT2D eigenvalue weighted by atomic mass is 10.2. The second-order valence-electron chi connectivity index (χ2n) is 5.23. The maximum atomic E-state index is 5.36. The van der Waals surface area contributed by atoms with Crippen LogP contribution in [-0.2, 0) is 4.74 Å². The maximum Gasteiger partial charge on any atom is 0.152 e. The normalized spacial score (nSPS) is 15.6. The predicted octanol–water partition coefficient (Wildman–Crippen LogP) is 1.67. The largest absolute Gasteiger partial charge is 0.379 e. The highest BCUT2D eigenvalue weighted by Gasteiger charge is 2.10. The van der Waals surface area contributed by atoms with Gasteiger partial charge in [0, 0.05) is 50.0 Å². The molecule has 1 saturated heterocycles. The van der Waals surface area contributed by atoms with Gasteiger partial charge in [0.25, 0.3) is 0 Å². The SMILES string of the molecule is c1cncc(-c2nccnc2NCCCN2CCOCC2)c1. The van der Waals surface area contributed by atoms with Crippen molar-refractivity contribution in [2.24, 2.45) is 0 Å². The van der Waals surface area contributed by atoms with Crippen molar-refractivity contribution in [3.05, 3.63) is 36.9 Å². The van der Waals surface area contributed by atoms with E-state index >= 15 is 0 Å². The Hall–Kier alpha value is -2.05. The second kappa shape index (κ2) is 7.82. The Morgan fingerprint density at radius 2 is 2.00 bits per heavy atom. The van der Waals surface area contributed by atoms with E-state index in [1.54, 1.807) is 18.6 Å². The fourth-order valence-electron chi connectivity index (χ4n) is 2.52. The molecule has 6 heteroatoms. The van der Waals surface area contributed by atoms with Crippen LogP contribution in [-0.4, -0.2) is 59.2 Å². The van der Waals surface area contributed by atoms with E-state index in [2.05, 4.69) is 25.2 Å². The lowest BCUT2D eigenvalue weighted by molar-refractivity contribution is 0.0378. The van der Waals surface area contributed by atoms with Gasteiger partial charge in [0.1, 0.15) is 5.69 Å². The zero-order valence-corrected chi connectivity index (χ0v) is 12.6. The van der Waals surface area contributed by atoms with Crippen LogP contribution < -0.4 is 5.32 Å². The average Bonchev–Trinajstić information content (AvgIpc) is 2.61. The number of nitrogens with zero attached hydrogens (tertiary/aromatic N) is 4. The molecule has 0 unspecified atom stereocenters. The topological polar surface area (TPSA) is 63.2 Å². The molecule has 3 heterocycles. The third-order valence-electron chi connectivity index (χ3n) is 3.68. The Morgan fingerprint density at radius 1 is 1.14 bits per heavy atom. The number of ether oxygens (including phenoxy) is 1. The quantitative estimate of drug-likeness (QED) is 0.819. The van der Waals surface area contributed by atoms with Crippen LogP contribution in [0, 0.1) is 0 Å². The fraction of sp³-hybridized carbons (Fsp3) is 0.438. The molecule has 1 fully saturated rings. The summed E-state index contributed by atoms with van der Waals surface area (Å²) in [7, 11) is 0. The highest BCUT2D eigenvalue weighted by atomic mass is 16.5. The van der Waals surface area contributed by atoms with Gasteiger partial charge in [0.05, 0.1) is 13.2 Å². The first-order chi connectivity index (χ1) is 10.9. The van der Waals surface area contributed by atoms with E-state index in [0.717, 1.165) is 62.9 Å². The molecule has 22 heavy (non-hydrogen) atoms. The van der Waals surface area contributed by atoms with Crippen molar-refractivity contribution in [1.82, 2.24) is 19.9 Å². The fourth-order valence-corrected chi connectivity index (χ4v) is 2.52. The predicted molar refractivity (Wildman–Crippen MR) is 85.6 cm³/mol. The van der Waals surface area contributed by atoms with Gasteiger partial charge in [-0.15, -0.1) is 0 Å². The van der Waals surface area contributed by atoms with Crippen molar-refractivity contribution in [2.75, 3.05) is 44.7 Å². The number of pyridine rings is 1. The Labute approximate surface area is 130 Å². The highest BCUT2D eigenvalue weighted by molar-refractivity contribution is 5.70. The highest BCUT2D eigenvalue weighted by Crippen LogP contribution is 2.22. The van der Waals surface area contributed by atoms with Crippen LogP contribution in [0.4, 0.5) is 5.82 Å². The summed E-state index contributed by atoms with van der Waals surface area (Å²) < 4.78 is 5.36. The van der Waals surface area contributed by atoms with E-state index in [-0.39, 0.29) is 0 Å². The Morgan fingerprint density at radius 3 is 2.82 bits per heavy atom. The van der Waals surface area contributed by atoms with E-state index < -0.39 is 0 Å². The van der Waals surface area contributed by atoms with E-state index in [1.165, 1.54) is 0 Å². The molecule has 116 valence electrons. The number of rotatable bonds is 6.